The Labute approximate surface area is 61.6 Å². The minimum atomic E-state index is -0.0558. The zero-order valence-corrected chi connectivity index (χ0v) is 6.13. The predicted octanol–water partition coefficient (Wildman–Crippen LogP) is -0.370. The molecule has 1 heterocycles. The molecule has 0 aliphatic rings. The van der Waals surface area contributed by atoms with E-state index < -0.39 is 0 Å². The van der Waals surface area contributed by atoms with Crippen molar-refractivity contribution in [1.29, 1.82) is 0 Å². The second-order valence-electron chi connectivity index (χ2n) is 1.61. The third kappa shape index (κ3) is 1.47. The van der Waals surface area contributed by atoms with E-state index in [1.807, 2.05) is 0 Å². The SMILES string of the molecule is CC(=O)Sc1nncn1N. The van der Waals surface area contributed by atoms with Crippen molar-refractivity contribution >= 4 is 16.9 Å². The number of nitrogen functional groups attached to an aromatic ring is 1. The van der Waals surface area contributed by atoms with Crippen LogP contribution in [0.15, 0.2) is 11.5 Å². The summed E-state index contributed by atoms with van der Waals surface area (Å²) in [4.78, 5) is 10.5. The normalized spacial score (nSPS) is 9.70. The molecule has 0 aliphatic carbocycles. The molecule has 0 amide bonds. The molecule has 0 atom stereocenters. The molecule has 0 radical (unpaired) electrons. The Morgan fingerprint density at radius 2 is 2.60 bits per heavy atom. The summed E-state index contributed by atoms with van der Waals surface area (Å²) in [6.45, 7) is 1.44. The molecule has 0 bridgehead atoms. The molecule has 5 nitrogen and oxygen atoms in total. The van der Waals surface area contributed by atoms with Gasteiger partial charge >= 0.3 is 0 Å². The van der Waals surface area contributed by atoms with Crippen LogP contribution in [-0.2, 0) is 4.79 Å². The van der Waals surface area contributed by atoms with Crippen LogP contribution in [0.3, 0.4) is 0 Å². The van der Waals surface area contributed by atoms with Gasteiger partial charge in [0.05, 0.1) is 0 Å². The zero-order valence-electron chi connectivity index (χ0n) is 5.31. The van der Waals surface area contributed by atoms with Crippen molar-refractivity contribution in [2.24, 2.45) is 0 Å². The Morgan fingerprint density at radius 1 is 1.90 bits per heavy atom. The number of hydrogen-bond donors (Lipinski definition) is 1. The van der Waals surface area contributed by atoms with Crippen molar-refractivity contribution in [2.45, 2.75) is 12.1 Å². The lowest BCUT2D eigenvalue weighted by Crippen LogP contribution is -2.08. The summed E-state index contributed by atoms with van der Waals surface area (Å²) in [5.41, 5.74) is 0. The quantitative estimate of drug-likeness (QED) is 0.446. The van der Waals surface area contributed by atoms with Crippen LogP contribution < -0.4 is 5.84 Å². The number of carbonyl (C=O) groups excluding carboxylic acids is 1. The average molecular weight is 158 g/mol. The highest BCUT2D eigenvalue weighted by molar-refractivity contribution is 8.13. The zero-order chi connectivity index (χ0) is 7.56. The molecule has 0 unspecified atom stereocenters. The molecular formula is C4H6N4OS. The fraction of sp³-hybridized carbons (Fsp3) is 0.250. The highest BCUT2D eigenvalue weighted by atomic mass is 32.2. The lowest BCUT2D eigenvalue weighted by Gasteiger charge is -1.92. The van der Waals surface area contributed by atoms with Gasteiger partial charge in [-0.3, -0.25) is 4.79 Å². The average Bonchev–Trinajstić information content (AvgIpc) is 2.15. The van der Waals surface area contributed by atoms with Gasteiger partial charge in [0.2, 0.25) is 5.16 Å². The van der Waals surface area contributed by atoms with E-state index in [0.717, 1.165) is 11.8 Å². The molecule has 0 saturated heterocycles. The Morgan fingerprint density at radius 3 is 3.00 bits per heavy atom. The number of carbonyl (C=O) groups is 1. The van der Waals surface area contributed by atoms with Crippen molar-refractivity contribution in [1.82, 2.24) is 14.9 Å². The maximum absolute atomic E-state index is 10.5. The fourth-order valence-corrected chi connectivity index (χ4v) is 0.931. The monoisotopic (exact) mass is 158 g/mol. The molecule has 6 heteroatoms. The first-order chi connectivity index (χ1) is 4.70. The van der Waals surface area contributed by atoms with Gasteiger partial charge in [0.15, 0.2) is 5.12 Å². The number of aromatic nitrogens is 3. The number of nitrogens with two attached hydrogens (primary N) is 1. The Bertz CT molecular complexity index is 245. The number of rotatable bonds is 1. The molecule has 1 rings (SSSR count). The summed E-state index contributed by atoms with van der Waals surface area (Å²) in [5, 5.41) is 7.43. The highest BCUT2D eigenvalue weighted by Gasteiger charge is 2.03. The van der Waals surface area contributed by atoms with Crippen LogP contribution in [0.4, 0.5) is 0 Å². The van der Waals surface area contributed by atoms with Gasteiger partial charge in [-0.2, -0.15) is 0 Å². The summed E-state index contributed by atoms with van der Waals surface area (Å²) >= 11 is 0.957. The molecule has 0 saturated carbocycles. The summed E-state index contributed by atoms with van der Waals surface area (Å²) in [6.07, 6.45) is 1.34. The van der Waals surface area contributed by atoms with E-state index in [1.165, 1.54) is 17.9 Å². The minimum Gasteiger partial charge on any atom is -0.336 e. The molecular weight excluding hydrogens is 152 g/mol. The molecule has 10 heavy (non-hydrogen) atoms. The van der Waals surface area contributed by atoms with Gasteiger partial charge in [-0.25, -0.2) is 4.68 Å². The van der Waals surface area contributed by atoms with Crippen LogP contribution in [0.2, 0.25) is 0 Å². The van der Waals surface area contributed by atoms with E-state index in [4.69, 9.17) is 5.84 Å². The van der Waals surface area contributed by atoms with Crippen LogP contribution in [0.1, 0.15) is 6.92 Å². The first-order valence-corrected chi connectivity index (χ1v) is 3.35. The van der Waals surface area contributed by atoms with Gasteiger partial charge in [0.25, 0.3) is 0 Å². The molecule has 54 valence electrons. The van der Waals surface area contributed by atoms with Gasteiger partial charge < -0.3 is 5.84 Å². The third-order valence-electron chi connectivity index (χ3n) is 0.775. The van der Waals surface area contributed by atoms with E-state index in [2.05, 4.69) is 10.2 Å². The number of hydrogen-bond acceptors (Lipinski definition) is 5. The first kappa shape index (κ1) is 7.07. The largest absolute Gasteiger partial charge is 0.336 e. The lowest BCUT2D eigenvalue weighted by molar-refractivity contribution is -0.109. The standard InChI is InChI=1S/C4H6N4OS/c1-3(9)10-4-7-6-2-8(4)5/h2H,5H2,1H3. The maximum atomic E-state index is 10.5. The number of nitrogens with zero attached hydrogens (tertiary/aromatic N) is 3. The van der Waals surface area contributed by atoms with Crippen molar-refractivity contribution in [3.63, 3.8) is 0 Å². The smallest absolute Gasteiger partial charge is 0.217 e. The minimum absolute atomic E-state index is 0.0558. The summed E-state index contributed by atoms with van der Waals surface area (Å²) < 4.78 is 1.20. The van der Waals surface area contributed by atoms with Crippen LogP contribution in [-0.4, -0.2) is 20.0 Å². The van der Waals surface area contributed by atoms with E-state index in [1.54, 1.807) is 0 Å². The van der Waals surface area contributed by atoms with Crippen molar-refractivity contribution in [2.75, 3.05) is 5.84 Å². The molecule has 2 N–H and O–H groups in total. The van der Waals surface area contributed by atoms with Gasteiger partial charge in [-0.1, -0.05) is 0 Å². The van der Waals surface area contributed by atoms with Crippen LogP contribution in [0.5, 0.6) is 0 Å². The second-order valence-corrected chi connectivity index (χ2v) is 2.76. The van der Waals surface area contributed by atoms with E-state index >= 15 is 0 Å². The third-order valence-corrected chi connectivity index (χ3v) is 1.54. The van der Waals surface area contributed by atoms with Crippen LogP contribution in [0.25, 0.3) is 0 Å². The van der Waals surface area contributed by atoms with Crippen LogP contribution >= 0.6 is 11.8 Å². The van der Waals surface area contributed by atoms with E-state index in [-0.39, 0.29) is 5.12 Å². The van der Waals surface area contributed by atoms with E-state index in [9.17, 15) is 4.79 Å². The van der Waals surface area contributed by atoms with Crippen LogP contribution in [0, 0.1) is 0 Å². The predicted molar refractivity (Wildman–Crippen MR) is 36.7 cm³/mol. The van der Waals surface area contributed by atoms with Gasteiger partial charge in [-0.15, -0.1) is 10.2 Å². The summed E-state index contributed by atoms with van der Waals surface area (Å²) in [7, 11) is 0. The Balaban J connectivity index is 2.74. The van der Waals surface area contributed by atoms with Crippen molar-refractivity contribution < 1.29 is 4.79 Å². The topological polar surface area (TPSA) is 73.8 Å². The Hall–Kier alpha value is -1.04. The Kier molecular flexibility index (Phi) is 1.91. The molecule has 0 fully saturated rings. The fourth-order valence-electron chi connectivity index (χ4n) is 0.434. The molecule has 1 aromatic heterocycles. The molecule has 0 spiro atoms. The van der Waals surface area contributed by atoms with Gasteiger partial charge in [0, 0.05) is 6.92 Å². The first-order valence-electron chi connectivity index (χ1n) is 2.53. The van der Waals surface area contributed by atoms with Gasteiger partial charge in [0.1, 0.15) is 6.33 Å². The molecule has 0 aliphatic heterocycles. The highest BCUT2D eigenvalue weighted by Crippen LogP contribution is 2.11. The maximum Gasteiger partial charge on any atom is 0.217 e. The number of thioether (sulfide) groups is 1. The summed E-state index contributed by atoms with van der Waals surface area (Å²) in [6, 6.07) is 0. The molecule has 0 aromatic carbocycles. The molecule has 1 aromatic rings. The van der Waals surface area contributed by atoms with E-state index in [0.29, 0.717) is 5.16 Å². The lowest BCUT2D eigenvalue weighted by atomic mass is 10.9. The van der Waals surface area contributed by atoms with Crippen molar-refractivity contribution in [3.05, 3.63) is 6.33 Å². The second kappa shape index (κ2) is 2.70. The summed E-state index contributed by atoms with van der Waals surface area (Å²) in [5.74, 6) is 5.31. The van der Waals surface area contributed by atoms with Crippen molar-refractivity contribution in [3.8, 4) is 0 Å². The van der Waals surface area contributed by atoms with Gasteiger partial charge in [-0.05, 0) is 11.8 Å².